The predicted molar refractivity (Wildman–Crippen MR) is 145 cm³/mol. The van der Waals surface area contributed by atoms with Gasteiger partial charge < -0.3 is 15.0 Å². The first-order chi connectivity index (χ1) is 17.3. The number of nitrogens with zero attached hydrogens (tertiary/aromatic N) is 1. The van der Waals surface area contributed by atoms with Crippen molar-refractivity contribution < 1.29 is 14.3 Å². The third kappa shape index (κ3) is 7.45. The molecule has 0 saturated carbocycles. The van der Waals surface area contributed by atoms with E-state index in [1.165, 1.54) is 0 Å². The van der Waals surface area contributed by atoms with Gasteiger partial charge in [-0.3, -0.25) is 9.59 Å². The molecule has 3 aromatic rings. The smallest absolute Gasteiger partial charge is 0.261 e. The van der Waals surface area contributed by atoms with Crippen LogP contribution in [0.2, 0.25) is 0 Å². The van der Waals surface area contributed by atoms with Crippen molar-refractivity contribution >= 4 is 11.8 Å². The molecule has 1 atom stereocenters. The van der Waals surface area contributed by atoms with Crippen molar-refractivity contribution in [2.24, 2.45) is 0 Å². The predicted octanol–water partition coefficient (Wildman–Crippen LogP) is 5.47. The van der Waals surface area contributed by atoms with Crippen molar-refractivity contribution in [2.45, 2.75) is 60.0 Å². The van der Waals surface area contributed by atoms with Crippen LogP contribution in [0.3, 0.4) is 0 Å². The molecule has 3 aromatic carbocycles. The number of amides is 2. The van der Waals surface area contributed by atoms with Gasteiger partial charge in [-0.1, -0.05) is 73.2 Å². The lowest BCUT2D eigenvalue weighted by atomic mass is 10.0. The molecule has 0 aromatic heterocycles. The number of nitrogens with one attached hydrogen (secondary N) is 1. The number of hydrogen-bond acceptors (Lipinski definition) is 3. The number of carbonyl (C=O) groups is 2. The van der Waals surface area contributed by atoms with Crippen LogP contribution in [0.25, 0.3) is 0 Å². The molecule has 0 aliphatic heterocycles. The van der Waals surface area contributed by atoms with Crippen LogP contribution in [0.1, 0.15) is 46.7 Å². The summed E-state index contributed by atoms with van der Waals surface area (Å²) in [7, 11) is 0. The van der Waals surface area contributed by atoms with Gasteiger partial charge in [-0.2, -0.15) is 0 Å². The van der Waals surface area contributed by atoms with Crippen LogP contribution in [0, 0.1) is 27.7 Å². The van der Waals surface area contributed by atoms with E-state index in [4.69, 9.17) is 4.74 Å². The van der Waals surface area contributed by atoms with Gasteiger partial charge in [0.05, 0.1) is 0 Å². The lowest BCUT2D eigenvalue weighted by molar-refractivity contribution is -0.142. The van der Waals surface area contributed by atoms with E-state index in [0.29, 0.717) is 25.3 Å². The van der Waals surface area contributed by atoms with E-state index < -0.39 is 6.04 Å². The number of aryl methyl sites for hydroxylation is 3. The Balaban J connectivity index is 1.91. The summed E-state index contributed by atoms with van der Waals surface area (Å²) < 4.78 is 6.04. The van der Waals surface area contributed by atoms with Crippen LogP contribution in [0.4, 0.5) is 0 Å². The van der Waals surface area contributed by atoms with Crippen LogP contribution in [0.5, 0.6) is 5.75 Å². The average Bonchev–Trinajstić information content (AvgIpc) is 2.87. The molecule has 1 N–H and O–H groups in total. The zero-order valence-electron chi connectivity index (χ0n) is 22.1. The summed E-state index contributed by atoms with van der Waals surface area (Å²) in [6.07, 6.45) is 1.25. The molecule has 5 heteroatoms. The Morgan fingerprint density at radius 3 is 2.25 bits per heavy atom. The summed E-state index contributed by atoms with van der Waals surface area (Å²) in [5, 5.41) is 3.01. The van der Waals surface area contributed by atoms with Crippen molar-refractivity contribution in [1.29, 1.82) is 0 Å². The second-order valence-electron chi connectivity index (χ2n) is 9.50. The average molecular weight is 487 g/mol. The molecular weight excluding hydrogens is 448 g/mol. The minimum Gasteiger partial charge on any atom is -0.483 e. The van der Waals surface area contributed by atoms with Gasteiger partial charge >= 0.3 is 0 Å². The highest BCUT2D eigenvalue weighted by atomic mass is 16.5. The van der Waals surface area contributed by atoms with E-state index in [1.807, 2.05) is 95.3 Å². The van der Waals surface area contributed by atoms with E-state index in [9.17, 15) is 9.59 Å². The van der Waals surface area contributed by atoms with E-state index in [1.54, 1.807) is 4.90 Å². The quantitative estimate of drug-likeness (QED) is 0.391. The minimum absolute atomic E-state index is 0.137. The van der Waals surface area contributed by atoms with Gasteiger partial charge in [0, 0.05) is 19.5 Å². The SMILES string of the molecule is CCCNC(=O)C(Cc1ccccc1)N(Cc1ccc(C)cc1)C(=O)COc1cc(C)cc(C)c1C. The molecule has 0 radical (unpaired) electrons. The zero-order chi connectivity index (χ0) is 26.1. The van der Waals surface area contributed by atoms with Gasteiger partial charge in [0.1, 0.15) is 11.8 Å². The molecule has 3 rings (SSSR count). The van der Waals surface area contributed by atoms with Crippen molar-refractivity contribution in [1.82, 2.24) is 10.2 Å². The Morgan fingerprint density at radius 2 is 1.58 bits per heavy atom. The van der Waals surface area contributed by atoms with Gasteiger partial charge in [0.25, 0.3) is 5.91 Å². The van der Waals surface area contributed by atoms with Crippen LogP contribution in [-0.4, -0.2) is 35.9 Å². The molecule has 0 saturated heterocycles. The fraction of sp³-hybridized carbons (Fsp3) is 0.355. The van der Waals surface area contributed by atoms with E-state index in [0.717, 1.165) is 39.8 Å². The molecular formula is C31H38N2O3. The fourth-order valence-electron chi connectivity index (χ4n) is 4.18. The Kier molecular flexibility index (Phi) is 9.69. The van der Waals surface area contributed by atoms with Gasteiger partial charge in [0.2, 0.25) is 5.91 Å². The third-order valence-electron chi connectivity index (χ3n) is 6.41. The minimum atomic E-state index is -0.656. The monoisotopic (exact) mass is 486 g/mol. The summed E-state index contributed by atoms with van der Waals surface area (Å²) in [6, 6.07) is 21.3. The third-order valence-corrected chi connectivity index (χ3v) is 6.41. The summed E-state index contributed by atoms with van der Waals surface area (Å²) in [5.74, 6) is 0.330. The summed E-state index contributed by atoms with van der Waals surface area (Å²) in [5.41, 5.74) is 6.33. The number of benzene rings is 3. The van der Waals surface area contributed by atoms with Crippen LogP contribution in [-0.2, 0) is 22.6 Å². The summed E-state index contributed by atoms with van der Waals surface area (Å²) in [4.78, 5) is 28.7. The fourth-order valence-corrected chi connectivity index (χ4v) is 4.18. The van der Waals surface area contributed by atoms with Gasteiger partial charge in [0.15, 0.2) is 6.61 Å². The van der Waals surface area contributed by atoms with Crippen LogP contribution >= 0.6 is 0 Å². The number of ether oxygens (including phenoxy) is 1. The lowest BCUT2D eigenvalue weighted by Crippen LogP contribution is -2.51. The van der Waals surface area contributed by atoms with Crippen molar-refractivity contribution in [3.05, 3.63) is 100 Å². The Hall–Kier alpha value is -3.60. The maximum atomic E-state index is 13.7. The molecule has 0 spiro atoms. The number of carbonyl (C=O) groups excluding carboxylic acids is 2. The first-order valence-corrected chi connectivity index (χ1v) is 12.7. The van der Waals surface area contributed by atoms with Gasteiger partial charge in [-0.15, -0.1) is 0 Å². The molecule has 190 valence electrons. The maximum Gasteiger partial charge on any atom is 0.261 e. The lowest BCUT2D eigenvalue weighted by Gasteiger charge is -2.31. The van der Waals surface area contributed by atoms with Crippen molar-refractivity contribution in [3.8, 4) is 5.75 Å². The summed E-state index contributed by atoms with van der Waals surface area (Å²) in [6.45, 7) is 10.8. The van der Waals surface area contributed by atoms with Crippen molar-refractivity contribution in [2.75, 3.05) is 13.2 Å². The van der Waals surface area contributed by atoms with E-state index in [-0.39, 0.29) is 18.4 Å². The standard InChI is InChI=1S/C31H38N2O3/c1-6-16-32-31(35)28(19-26-10-8-7-9-11-26)33(20-27-14-12-22(2)13-15-27)30(34)21-36-29-18-23(3)17-24(4)25(29)5/h7-15,17-18,28H,6,16,19-21H2,1-5H3,(H,32,35). The molecule has 0 aliphatic carbocycles. The highest BCUT2D eigenvalue weighted by Gasteiger charge is 2.30. The molecule has 0 heterocycles. The van der Waals surface area contributed by atoms with Crippen LogP contribution < -0.4 is 10.1 Å². The molecule has 0 fully saturated rings. The second-order valence-corrected chi connectivity index (χ2v) is 9.50. The molecule has 5 nitrogen and oxygen atoms in total. The van der Waals surface area contributed by atoms with E-state index in [2.05, 4.69) is 11.4 Å². The molecule has 1 unspecified atom stereocenters. The Labute approximate surface area is 215 Å². The first-order valence-electron chi connectivity index (χ1n) is 12.7. The Morgan fingerprint density at radius 1 is 0.889 bits per heavy atom. The topological polar surface area (TPSA) is 58.6 Å². The Bertz CT molecular complexity index is 1160. The van der Waals surface area contributed by atoms with Gasteiger partial charge in [-0.05, 0) is 68.0 Å². The highest BCUT2D eigenvalue weighted by Crippen LogP contribution is 2.24. The van der Waals surface area contributed by atoms with Gasteiger partial charge in [-0.25, -0.2) is 0 Å². The van der Waals surface area contributed by atoms with Crippen LogP contribution in [0.15, 0.2) is 66.7 Å². The zero-order valence-corrected chi connectivity index (χ0v) is 22.1. The molecule has 0 aliphatic rings. The first kappa shape index (κ1) is 27.0. The maximum absolute atomic E-state index is 13.7. The summed E-state index contributed by atoms with van der Waals surface area (Å²) >= 11 is 0. The molecule has 2 amide bonds. The highest BCUT2D eigenvalue weighted by molar-refractivity contribution is 5.88. The molecule has 0 bridgehead atoms. The molecule has 36 heavy (non-hydrogen) atoms. The van der Waals surface area contributed by atoms with E-state index >= 15 is 0 Å². The number of rotatable bonds is 11. The largest absolute Gasteiger partial charge is 0.483 e. The second kappa shape index (κ2) is 12.9. The van der Waals surface area contributed by atoms with Crippen molar-refractivity contribution in [3.63, 3.8) is 0 Å². The normalized spacial score (nSPS) is 11.6. The number of hydrogen-bond donors (Lipinski definition) is 1.